The van der Waals surface area contributed by atoms with Crippen LogP contribution in [0, 0.1) is 52.3 Å². The molecule has 200 valence electrons. The van der Waals surface area contributed by atoms with E-state index in [9.17, 15) is 14.7 Å². The van der Waals surface area contributed by atoms with Crippen LogP contribution in [0.3, 0.4) is 0 Å². The highest BCUT2D eigenvalue weighted by Gasteiger charge is 2.65. The Hall–Kier alpha value is -1.10. The van der Waals surface area contributed by atoms with Crippen LogP contribution in [0.15, 0.2) is 0 Å². The van der Waals surface area contributed by atoms with Crippen LogP contribution in [-0.4, -0.2) is 36.4 Å². The largest absolute Gasteiger partial charge is 0.469 e. The summed E-state index contributed by atoms with van der Waals surface area (Å²) >= 11 is 0. The molecule has 4 rings (SSSR count). The third-order valence-corrected chi connectivity index (χ3v) is 11.7. The molecule has 4 fully saturated rings. The monoisotopic (exact) mass is 490 g/mol. The van der Waals surface area contributed by atoms with Gasteiger partial charge in [-0.15, -0.1) is 0 Å². The molecule has 0 saturated heterocycles. The summed E-state index contributed by atoms with van der Waals surface area (Å²) < 4.78 is 10.7. The Labute approximate surface area is 213 Å². The number of hydrogen-bond acceptors (Lipinski definition) is 5. The van der Waals surface area contributed by atoms with Crippen LogP contribution in [0.4, 0.5) is 0 Å². The number of ether oxygens (including phenoxy) is 2. The molecule has 0 amide bonds. The summed E-state index contributed by atoms with van der Waals surface area (Å²) in [6.07, 6.45) is 10.4. The second-order valence-corrected chi connectivity index (χ2v) is 13.0. The molecular weight excluding hydrogens is 440 g/mol. The van der Waals surface area contributed by atoms with Gasteiger partial charge < -0.3 is 14.6 Å². The van der Waals surface area contributed by atoms with Crippen LogP contribution in [0.5, 0.6) is 0 Å². The van der Waals surface area contributed by atoms with Gasteiger partial charge in [-0.1, -0.05) is 41.0 Å². The fourth-order valence-corrected chi connectivity index (χ4v) is 9.94. The lowest BCUT2D eigenvalue weighted by Gasteiger charge is -2.64. The first-order valence-electron chi connectivity index (χ1n) is 14.5. The highest BCUT2D eigenvalue weighted by molar-refractivity contribution is 5.69. The van der Waals surface area contributed by atoms with Crippen LogP contribution in [0.25, 0.3) is 0 Å². The Kier molecular flexibility index (Phi) is 7.96. The van der Waals surface area contributed by atoms with E-state index in [0.717, 1.165) is 32.1 Å². The van der Waals surface area contributed by atoms with Crippen molar-refractivity contribution in [1.82, 2.24) is 0 Å². The number of methoxy groups -OCH3 is 1. The number of hydrogen-bond donors (Lipinski definition) is 1. The van der Waals surface area contributed by atoms with Gasteiger partial charge in [0.25, 0.3) is 0 Å². The highest BCUT2D eigenvalue weighted by atomic mass is 16.5. The van der Waals surface area contributed by atoms with Crippen LogP contribution in [0.2, 0.25) is 0 Å². The Balaban J connectivity index is 1.55. The van der Waals surface area contributed by atoms with E-state index in [4.69, 9.17) is 9.47 Å². The Bertz CT molecular complexity index is 781. The number of rotatable bonds is 7. The number of aliphatic hydroxyl groups is 1. The zero-order valence-electron chi connectivity index (χ0n) is 23.1. The molecule has 0 radical (unpaired) electrons. The van der Waals surface area contributed by atoms with Gasteiger partial charge in [0.2, 0.25) is 0 Å². The third-order valence-electron chi connectivity index (χ3n) is 11.7. The normalized spacial score (nSPS) is 45.6. The van der Waals surface area contributed by atoms with E-state index in [0.29, 0.717) is 48.3 Å². The predicted octanol–water partition coefficient (Wildman–Crippen LogP) is 6.16. The summed E-state index contributed by atoms with van der Waals surface area (Å²) in [5, 5.41) is 12.0. The van der Waals surface area contributed by atoms with Gasteiger partial charge in [0.1, 0.15) is 6.10 Å². The minimum Gasteiger partial charge on any atom is -0.469 e. The van der Waals surface area contributed by atoms with E-state index in [1.165, 1.54) is 32.8 Å². The molecule has 4 aliphatic carbocycles. The maximum atomic E-state index is 12.0. The molecular formula is C30H50O5. The van der Waals surface area contributed by atoms with Gasteiger partial charge in [-0.3, -0.25) is 9.59 Å². The fourth-order valence-electron chi connectivity index (χ4n) is 9.94. The molecule has 0 aliphatic heterocycles. The number of fused-ring (bicyclic) bond motifs is 5. The molecule has 0 aromatic carbocycles. The number of carbonyl (C=O) groups is 2. The average Bonchev–Trinajstić information content (AvgIpc) is 3.20. The van der Waals surface area contributed by atoms with E-state index in [-0.39, 0.29) is 40.9 Å². The van der Waals surface area contributed by atoms with Crippen molar-refractivity contribution < 1.29 is 24.2 Å². The van der Waals surface area contributed by atoms with Crippen LogP contribution < -0.4 is 0 Å². The molecule has 11 atom stereocenters. The number of aliphatic hydroxyl groups excluding tert-OH is 1. The summed E-state index contributed by atoms with van der Waals surface area (Å²) in [5.41, 5.74) is 0.461. The van der Waals surface area contributed by atoms with Crippen molar-refractivity contribution in [2.24, 2.45) is 52.3 Å². The number of esters is 2. The van der Waals surface area contributed by atoms with Crippen LogP contribution in [-0.2, 0) is 19.1 Å². The molecule has 5 unspecified atom stereocenters. The van der Waals surface area contributed by atoms with Crippen LogP contribution in [0.1, 0.15) is 105 Å². The zero-order chi connectivity index (χ0) is 25.5. The van der Waals surface area contributed by atoms with Crippen molar-refractivity contribution >= 4 is 11.9 Å². The van der Waals surface area contributed by atoms with Crippen molar-refractivity contribution in [2.45, 2.75) is 117 Å². The minimum atomic E-state index is -0.266. The van der Waals surface area contributed by atoms with Crippen LogP contribution >= 0.6 is 0 Å². The lowest BCUT2D eigenvalue weighted by molar-refractivity contribution is -0.207. The first-order chi connectivity index (χ1) is 16.6. The molecule has 0 spiro atoms. The van der Waals surface area contributed by atoms with Gasteiger partial charge in [-0.2, -0.15) is 0 Å². The molecule has 4 saturated carbocycles. The predicted molar refractivity (Wildman–Crippen MR) is 136 cm³/mol. The SMILES string of the molecule is CCC(=O)O[C@@H]1CC[C@]2(C)C3CC[C@@]4(C)C(CCC4[C@H](C)CCC(=O)OC)C3[C@H](O)[C@H](CC)C2C1. The summed E-state index contributed by atoms with van der Waals surface area (Å²) in [7, 11) is 1.48. The van der Waals surface area contributed by atoms with E-state index >= 15 is 0 Å². The molecule has 1 N–H and O–H groups in total. The topological polar surface area (TPSA) is 72.8 Å². The molecule has 0 aromatic rings. The third kappa shape index (κ3) is 4.57. The molecule has 0 bridgehead atoms. The van der Waals surface area contributed by atoms with Gasteiger partial charge in [-0.25, -0.2) is 0 Å². The minimum absolute atomic E-state index is 0.0127. The van der Waals surface area contributed by atoms with Crippen molar-refractivity contribution in [3.8, 4) is 0 Å². The van der Waals surface area contributed by atoms with E-state index in [2.05, 4.69) is 27.7 Å². The van der Waals surface area contributed by atoms with Gasteiger partial charge in [-0.05, 0) is 104 Å². The Morgan fingerprint density at radius 3 is 2.31 bits per heavy atom. The molecule has 5 heteroatoms. The van der Waals surface area contributed by atoms with E-state index < -0.39 is 0 Å². The maximum absolute atomic E-state index is 12.0. The van der Waals surface area contributed by atoms with Crippen molar-refractivity contribution in [1.29, 1.82) is 0 Å². The second-order valence-electron chi connectivity index (χ2n) is 13.0. The Morgan fingerprint density at radius 1 is 0.971 bits per heavy atom. The second kappa shape index (κ2) is 10.3. The Morgan fingerprint density at radius 2 is 1.66 bits per heavy atom. The number of carbonyl (C=O) groups excluding carboxylic acids is 2. The summed E-state index contributed by atoms with van der Waals surface area (Å²) in [6, 6.07) is 0. The molecule has 0 aromatic heterocycles. The standard InChI is InChI=1S/C30H50O5/c1-7-20-24-17-19(35-25(31)8-2)13-15-30(24,5)23-14-16-29(4)21(18(3)9-12-26(32)34-6)10-11-22(29)27(23)28(20)33/h18-24,27-28,33H,7-17H2,1-6H3/t18-,19-,20-,21?,22?,23?,24?,27?,28-,29-,30-/m1/s1. The first-order valence-corrected chi connectivity index (χ1v) is 14.5. The lowest BCUT2D eigenvalue weighted by Crippen LogP contribution is -2.62. The quantitative estimate of drug-likeness (QED) is 0.433. The highest BCUT2D eigenvalue weighted by Crippen LogP contribution is 2.69. The first kappa shape index (κ1) is 26.9. The lowest BCUT2D eigenvalue weighted by atomic mass is 9.41. The van der Waals surface area contributed by atoms with Gasteiger partial charge in [0, 0.05) is 12.8 Å². The summed E-state index contributed by atoms with van der Waals surface area (Å²) in [6.45, 7) is 11.4. The van der Waals surface area contributed by atoms with E-state index in [1.807, 2.05) is 6.92 Å². The van der Waals surface area contributed by atoms with Gasteiger partial charge >= 0.3 is 11.9 Å². The smallest absolute Gasteiger partial charge is 0.305 e. The van der Waals surface area contributed by atoms with Crippen molar-refractivity contribution in [3.63, 3.8) is 0 Å². The molecule has 5 nitrogen and oxygen atoms in total. The fraction of sp³-hybridized carbons (Fsp3) is 0.933. The molecule has 0 heterocycles. The summed E-state index contributed by atoms with van der Waals surface area (Å²) in [4.78, 5) is 23.8. The van der Waals surface area contributed by atoms with Crippen molar-refractivity contribution in [3.05, 3.63) is 0 Å². The molecule has 4 aliphatic rings. The summed E-state index contributed by atoms with van der Waals surface area (Å²) in [5.74, 6) is 3.10. The van der Waals surface area contributed by atoms with E-state index in [1.54, 1.807) is 0 Å². The van der Waals surface area contributed by atoms with Gasteiger partial charge in [0.15, 0.2) is 0 Å². The average molecular weight is 491 g/mol. The zero-order valence-corrected chi connectivity index (χ0v) is 23.1. The maximum Gasteiger partial charge on any atom is 0.305 e. The van der Waals surface area contributed by atoms with Gasteiger partial charge in [0.05, 0.1) is 13.2 Å². The molecule has 35 heavy (non-hydrogen) atoms. The van der Waals surface area contributed by atoms with Crippen molar-refractivity contribution in [2.75, 3.05) is 7.11 Å².